The zero-order valence-electron chi connectivity index (χ0n) is 19.8. The largest absolute Gasteiger partial charge is 0.442 e. The number of hydrogen-bond acceptors (Lipinski definition) is 4. The summed E-state index contributed by atoms with van der Waals surface area (Å²) in [4.78, 5) is 31.5. The molecule has 11 heteroatoms. The van der Waals surface area contributed by atoms with Crippen molar-refractivity contribution < 1.29 is 27.8 Å². The molecule has 7 nitrogen and oxygen atoms in total. The molecule has 188 valence electrons. The molecular weight excluding hydrogens is 583 g/mol. The second kappa shape index (κ2) is 9.85. The average Bonchev–Trinajstić information content (AvgIpc) is 2.68. The van der Waals surface area contributed by atoms with Gasteiger partial charge in [0.1, 0.15) is 11.7 Å². The number of rotatable bonds is 3. The molecule has 3 rings (SSSR count). The SMILES string of the molecule is CO[C@@H]1C[C@H](N2C(=O)C[C@@](C)(c3cccc(I)c3Cl)N/C2=N\C(=O)OC(C)(C)C)CCC1(F)F. The lowest BCUT2D eigenvalue weighted by Crippen LogP contribution is -2.64. The zero-order valence-corrected chi connectivity index (χ0v) is 22.7. The Morgan fingerprint density at radius 3 is 2.65 bits per heavy atom. The number of carbonyl (C=O) groups excluding carboxylic acids is 2. The molecule has 34 heavy (non-hydrogen) atoms. The van der Waals surface area contributed by atoms with Crippen molar-refractivity contribution in [3.05, 3.63) is 32.4 Å². The van der Waals surface area contributed by atoms with Crippen molar-refractivity contribution in [1.29, 1.82) is 0 Å². The molecule has 2 aliphatic rings. The second-order valence-electron chi connectivity index (χ2n) is 9.83. The van der Waals surface area contributed by atoms with Gasteiger partial charge in [0.05, 0.1) is 17.0 Å². The Bertz CT molecular complexity index is 1000. The molecule has 2 fully saturated rings. The van der Waals surface area contributed by atoms with E-state index in [0.29, 0.717) is 10.6 Å². The van der Waals surface area contributed by atoms with Crippen molar-refractivity contribution >= 4 is 52.2 Å². The number of nitrogens with one attached hydrogen (secondary N) is 1. The summed E-state index contributed by atoms with van der Waals surface area (Å²) in [6, 6.07) is 4.84. The van der Waals surface area contributed by atoms with E-state index in [2.05, 4.69) is 32.9 Å². The van der Waals surface area contributed by atoms with E-state index >= 15 is 0 Å². The quantitative estimate of drug-likeness (QED) is 0.459. The first-order valence-electron chi connectivity index (χ1n) is 10.9. The van der Waals surface area contributed by atoms with Gasteiger partial charge in [-0.25, -0.2) is 13.6 Å². The van der Waals surface area contributed by atoms with Crippen LogP contribution in [0.25, 0.3) is 0 Å². The number of nitrogens with zero attached hydrogens (tertiary/aromatic N) is 2. The third-order valence-electron chi connectivity index (χ3n) is 5.94. The lowest BCUT2D eigenvalue weighted by atomic mass is 9.84. The molecule has 1 aromatic carbocycles. The molecule has 0 bridgehead atoms. The van der Waals surface area contributed by atoms with Crippen LogP contribution in [0.3, 0.4) is 0 Å². The number of alkyl halides is 2. The molecule has 1 aliphatic heterocycles. The van der Waals surface area contributed by atoms with E-state index in [9.17, 15) is 18.4 Å². The van der Waals surface area contributed by atoms with Gasteiger partial charge in [-0.2, -0.15) is 0 Å². The van der Waals surface area contributed by atoms with Crippen LogP contribution in [-0.4, -0.2) is 53.6 Å². The maximum atomic E-state index is 14.3. The van der Waals surface area contributed by atoms with Crippen LogP contribution < -0.4 is 5.32 Å². The summed E-state index contributed by atoms with van der Waals surface area (Å²) in [5.41, 5.74) is -1.12. The van der Waals surface area contributed by atoms with Crippen molar-refractivity contribution in [1.82, 2.24) is 10.2 Å². The van der Waals surface area contributed by atoms with Crippen LogP contribution in [0.4, 0.5) is 13.6 Å². The lowest BCUT2D eigenvalue weighted by Gasteiger charge is -2.47. The first-order chi connectivity index (χ1) is 15.7. The van der Waals surface area contributed by atoms with Crippen LogP contribution in [0, 0.1) is 3.57 Å². The van der Waals surface area contributed by atoms with Gasteiger partial charge >= 0.3 is 6.09 Å². The molecular formula is C23H29ClF2IN3O4. The number of methoxy groups -OCH3 is 1. The molecule has 1 saturated carbocycles. The van der Waals surface area contributed by atoms with Crippen molar-refractivity contribution in [2.24, 2.45) is 4.99 Å². The van der Waals surface area contributed by atoms with E-state index in [1.807, 2.05) is 12.1 Å². The fourth-order valence-electron chi connectivity index (χ4n) is 4.34. The van der Waals surface area contributed by atoms with Crippen LogP contribution in [-0.2, 0) is 19.8 Å². The zero-order chi connectivity index (χ0) is 25.5. The molecule has 1 saturated heterocycles. The molecule has 0 aromatic heterocycles. The first kappa shape index (κ1) is 27.1. The number of aliphatic imine (C=N–C) groups is 1. The highest BCUT2D eigenvalue weighted by atomic mass is 127. The van der Waals surface area contributed by atoms with Crippen LogP contribution in [0.15, 0.2) is 23.2 Å². The minimum Gasteiger partial charge on any atom is -0.442 e. The van der Waals surface area contributed by atoms with Crippen LogP contribution in [0.5, 0.6) is 0 Å². The summed E-state index contributed by atoms with van der Waals surface area (Å²) in [7, 11) is 1.23. The Kier molecular flexibility index (Phi) is 7.84. The Balaban J connectivity index is 2.01. The molecule has 0 radical (unpaired) electrons. The van der Waals surface area contributed by atoms with Crippen molar-refractivity contribution in [2.45, 2.75) is 82.6 Å². The number of benzene rings is 1. The second-order valence-corrected chi connectivity index (χ2v) is 11.4. The monoisotopic (exact) mass is 611 g/mol. The fraction of sp³-hybridized carbons (Fsp3) is 0.609. The molecule has 1 heterocycles. The van der Waals surface area contributed by atoms with Gasteiger partial charge in [0.25, 0.3) is 5.92 Å². The minimum absolute atomic E-state index is 0.00923. The number of carbonyl (C=O) groups is 2. The van der Waals surface area contributed by atoms with Crippen molar-refractivity contribution in [3.63, 3.8) is 0 Å². The predicted molar refractivity (Wildman–Crippen MR) is 133 cm³/mol. The highest BCUT2D eigenvalue weighted by molar-refractivity contribution is 14.1. The first-order valence-corrected chi connectivity index (χ1v) is 12.4. The van der Waals surface area contributed by atoms with E-state index in [1.165, 1.54) is 12.0 Å². The summed E-state index contributed by atoms with van der Waals surface area (Å²) in [5.74, 6) is -3.40. The predicted octanol–water partition coefficient (Wildman–Crippen LogP) is 5.48. The minimum atomic E-state index is -3.00. The Hall–Kier alpha value is -1.53. The van der Waals surface area contributed by atoms with Gasteiger partial charge < -0.3 is 14.8 Å². The van der Waals surface area contributed by atoms with E-state index in [0.717, 1.165) is 3.57 Å². The molecule has 0 spiro atoms. The molecule has 1 aliphatic carbocycles. The number of hydrogen-bond donors (Lipinski definition) is 1. The molecule has 1 aromatic rings. The van der Waals surface area contributed by atoms with Crippen molar-refractivity contribution in [2.75, 3.05) is 7.11 Å². The van der Waals surface area contributed by atoms with Gasteiger partial charge in [0.15, 0.2) is 0 Å². The summed E-state index contributed by atoms with van der Waals surface area (Å²) in [6.45, 7) is 6.89. The summed E-state index contributed by atoms with van der Waals surface area (Å²) >= 11 is 8.66. The van der Waals surface area contributed by atoms with Gasteiger partial charge in [-0.15, -0.1) is 4.99 Å². The maximum absolute atomic E-state index is 14.3. The van der Waals surface area contributed by atoms with Gasteiger partial charge in [-0.1, -0.05) is 23.7 Å². The Labute approximate surface area is 216 Å². The summed E-state index contributed by atoms with van der Waals surface area (Å²) < 4.78 is 39.7. The topological polar surface area (TPSA) is 80.2 Å². The Morgan fingerprint density at radius 1 is 1.35 bits per heavy atom. The van der Waals surface area contributed by atoms with Crippen LogP contribution >= 0.6 is 34.2 Å². The smallest absolute Gasteiger partial charge is 0.437 e. The standard InChI is InChI=1S/C23H29ClF2IN3O4/c1-21(2,3)34-20(32)28-19-29-22(4,14-7-6-8-15(27)18(14)24)12-17(31)30(19)13-9-10-23(25,26)16(11-13)33-5/h6-8,13,16H,9-12H2,1-5H3,(H,28,29,32)/t13-,16-,22+/m1/s1. The third kappa shape index (κ3) is 5.81. The van der Waals surface area contributed by atoms with E-state index in [4.69, 9.17) is 21.1 Å². The number of halogens is 4. The lowest BCUT2D eigenvalue weighted by molar-refractivity contribution is -0.161. The fourth-order valence-corrected chi connectivity index (χ4v) is 5.17. The van der Waals surface area contributed by atoms with Crippen LogP contribution in [0.2, 0.25) is 5.02 Å². The highest BCUT2D eigenvalue weighted by Gasteiger charge is 2.50. The van der Waals surface area contributed by atoms with E-state index in [-0.39, 0.29) is 31.1 Å². The van der Waals surface area contributed by atoms with Gasteiger partial charge in [-0.3, -0.25) is 9.69 Å². The third-order valence-corrected chi connectivity index (χ3v) is 7.57. The molecule has 0 unspecified atom stereocenters. The van der Waals surface area contributed by atoms with Gasteiger partial charge in [0.2, 0.25) is 11.9 Å². The molecule has 2 amide bonds. The van der Waals surface area contributed by atoms with Crippen molar-refractivity contribution in [3.8, 4) is 0 Å². The average molecular weight is 612 g/mol. The number of amides is 2. The normalized spacial score (nSPS) is 28.6. The summed E-state index contributed by atoms with van der Waals surface area (Å²) in [6.07, 6.45) is -2.75. The van der Waals surface area contributed by atoms with E-state index < -0.39 is 41.7 Å². The summed E-state index contributed by atoms with van der Waals surface area (Å²) in [5, 5.41) is 3.68. The highest BCUT2D eigenvalue weighted by Crippen LogP contribution is 2.41. The number of ether oxygens (including phenoxy) is 2. The maximum Gasteiger partial charge on any atom is 0.437 e. The van der Waals surface area contributed by atoms with Gasteiger partial charge in [-0.05, 0) is 68.3 Å². The number of guanidine groups is 1. The van der Waals surface area contributed by atoms with Crippen LogP contribution in [0.1, 0.15) is 58.9 Å². The molecule has 3 atom stereocenters. The van der Waals surface area contributed by atoms with Gasteiger partial charge in [0, 0.05) is 29.6 Å². The van der Waals surface area contributed by atoms with E-state index in [1.54, 1.807) is 33.8 Å². The molecule has 1 N–H and O–H groups in total. The Morgan fingerprint density at radius 2 is 2.03 bits per heavy atom.